The molecule has 0 fully saturated rings. The van der Waals surface area contributed by atoms with Gasteiger partial charge >= 0.3 is 10.8 Å². The Morgan fingerprint density at radius 3 is 2.71 bits per heavy atom. The number of hydrogen-bond acceptors (Lipinski definition) is 4. The summed E-state index contributed by atoms with van der Waals surface area (Å²) < 4.78 is 1.69. The smallest absolute Gasteiger partial charge is 0.317 e. The monoisotopic (exact) mass is 258 g/mol. The summed E-state index contributed by atoms with van der Waals surface area (Å²) in [6.45, 7) is 5.82. The molecular formula is C11H18N2O3S. The zero-order valence-electron chi connectivity index (χ0n) is 10.2. The molecular weight excluding hydrogens is 240 g/mol. The van der Waals surface area contributed by atoms with E-state index in [0.717, 1.165) is 18.7 Å². The van der Waals surface area contributed by atoms with Gasteiger partial charge in [0.2, 0.25) is 0 Å². The molecule has 0 bridgehead atoms. The molecule has 0 saturated carbocycles. The Balaban J connectivity index is 2.57. The highest BCUT2D eigenvalue weighted by molar-refractivity contribution is 7.07. The summed E-state index contributed by atoms with van der Waals surface area (Å²) in [5.41, 5.74) is 0.937. The van der Waals surface area contributed by atoms with E-state index >= 15 is 0 Å². The average Bonchev–Trinajstić information content (AvgIpc) is 2.55. The van der Waals surface area contributed by atoms with E-state index in [1.165, 1.54) is 11.3 Å². The van der Waals surface area contributed by atoms with Crippen molar-refractivity contribution in [1.82, 2.24) is 9.47 Å². The first-order chi connectivity index (χ1) is 8.04. The van der Waals surface area contributed by atoms with Crippen LogP contribution in [-0.4, -0.2) is 40.2 Å². The van der Waals surface area contributed by atoms with E-state index in [1.54, 1.807) is 4.57 Å². The average molecular weight is 258 g/mol. The fourth-order valence-electron chi connectivity index (χ4n) is 1.69. The van der Waals surface area contributed by atoms with Gasteiger partial charge in [-0.3, -0.25) is 14.5 Å². The van der Waals surface area contributed by atoms with Crippen molar-refractivity contribution < 1.29 is 9.90 Å². The molecule has 0 spiro atoms. The molecule has 96 valence electrons. The molecule has 1 aromatic rings. The molecule has 0 aromatic carbocycles. The summed E-state index contributed by atoms with van der Waals surface area (Å²) in [6, 6.07) is 0. The van der Waals surface area contributed by atoms with E-state index in [-0.39, 0.29) is 11.4 Å². The Morgan fingerprint density at radius 2 is 2.24 bits per heavy atom. The fraction of sp³-hybridized carbons (Fsp3) is 0.636. The Kier molecular flexibility index (Phi) is 5.37. The highest BCUT2D eigenvalue weighted by Crippen LogP contribution is 2.00. The van der Waals surface area contributed by atoms with E-state index in [0.29, 0.717) is 13.1 Å². The number of hydrogen-bond donors (Lipinski definition) is 1. The molecule has 0 atom stereocenters. The van der Waals surface area contributed by atoms with E-state index in [4.69, 9.17) is 5.11 Å². The molecule has 1 N–H and O–H groups in total. The molecule has 0 amide bonds. The van der Waals surface area contributed by atoms with Crippen molar-refractivity contribution in [3.63, 3.8) is 0 Å². The normalized spacial score (nSPS) is 11.0. The second-order valence-corrected chi connectivity index (χ2v) is 4.79. The van der Waals surface area contributed by atoms with Crippen LogP contribution in [0, 0.1) is 6.92 Å². The van der Waals surface area contributed by atoms with Gasteiger partial charge in [0.25, 0.3) is 0 Å². The lowest BCUT2D eigenvalue weighted by Crippen LogP contribution is -2.34. The van der Waals surface area contributed by atoms with Crippen LogP contribution in [0.3, 0.4) is 0 Å². The summed E-state index contributed by atoms with van der Waals surface area (Å²) in [4.78, 5) is 24.0. The van der Waals surface area contributed by atoms with Crippen LogP contribution < -0.4 is 4.87 Å². The predicted octanol–water partition coefficient (Wildman–Crippen LogP) is 1.01. The summed E-state index contributed by atoms with van der Waals surface area (Å²) in [6.07, 6.45) is 0.908. The zero-order valence-corrected chi connectivity index (χ0v) is 11.0. The van der Waals surface area contributed by atoms with Crippen LogP contribution >= 0.6 is 11.3 Å². The Bertz CT molecular complexity index is 425. The summed E-state index contributed by atoms with van der Waals surface area (Å²) >= 11 is 1.18. The zero-order chi connectivity index (χ0) is 12.8. The van der Waals surface area contributed by atoms with Crippen LogP contribution in [-0.2, 0) is 11.3 Å². The first kappa shape index (κ1) is 13.9. The topological polar surface area (TPSA) is 62.5 Å². The number of aliphatic carboxylic acids is 1. The van der Waals surface area contributed by atoms with Crippen molar-refractivity contribution in [2.45, 2.75) is 26.8 Å². The molecule has 1 aromatic heterocycles. The maximum absolute atomic E-state index is 11.5. The van der Waals surface area contributed by atoms with Gasteiger partial charge in [-0.05, 0) is 19.9 Å². The maximum Gasteiger partial charge on any atom is 0.317 e. The van der Waals surface area contributed by atoms with E-state index in [2.05, 4.69) is 0 Å². The molecule has 17 heavy (non-hydrogen) atoms. The molecule has 6 heteroatoms. The first-order valence-electron chi connectivity index (χ1n) is 5.63. The quantitative estimate of drug-likeness (QED) is 0.793. The van der Waals surface area contributed by atoms with Gasteiger partial charge in [0, 0.05) is 24.2 Å². The largest absolute Gasteiger partial charge is 0.480 e. The number of nitrogens with zero attached hydrogens (tertiary/aromatic N) is 2. The summed E-state index contributed by atoms with van der Waals surface area (Å²) in [5.74, 6) is -0.826. The maximum atomic E-state index is 11.5. The first-order valence-corrected chi connectivity index (χ1v) is 6.51. The second kappa shape index (κ2) is 6.56. The minimum atomic E-state index is -0.826. The number of aryl methyl sites for hydroxylation is 1. The lowest BCUT2D eigenvalue weighted by Gasteiger charge is -2.19. The van der Waals surface area contributed by atoms with Crippen LogP contribution in [0.5, 0.6) is 0 Å². The molecule has 0 saturated heterocycles. The Hall–Kier alpha value is -1.14. The van der Waals surface area contributed by atoms with Crippen LogP contribution in [0.15, 0.2) is 10.2 Å². The minimum Gasteiger partial charge on any atom is -0.480 e. The van der Waals surface area contributed by atoms with Crippen molar-refractivity contribution in [3.05, 3.63) is 20.7 Å². The molecule has 0 aliphatic carbocycles. The number of carboxylic acid groups (broad SMARTS) is 1. The van der Waals surface area contributed by atoms with Crippen molar-refractivity contribution in [1.29, 1.82) is 0 Å². The molecule has 5 nitrogen and oxygen atoms in total. The second-order valence-electron chi connectivity index (χ2n) is 3.96. The fourth-order valence-corrected chi connectivity index (χ4v) is 2.45. The number of carbonyl (C=O) groups is 1. The van der Waals surface area contributed by atoms with E-state index in [1.807, 2.05) is 24.1 Å². The van der Waals surface area contributed by atoms with Crippen molar-refractivity contribution in [2.75, 3.05) is 19.6 Å². The SMILES string of the molecule is CCCN(CCn1c(C)csc1=O)CC(=O)O. The van der Waals surface area contributed by atoms with Crippen LogP contribution in [0.2, 0.25) is 0 Å². The van der Waals surface area contributed by atoms with Crippen molar-refractivity contribution in [2.24, 2.45) is 0 Å². The highest BCUT2D eigenvalue weighted by Gasteiger charge is 2.10. The lowest BCUT2D eigenvalue weighted by molar-refractivity contribution is -0.138. The van der Waals surface area contributed by atoms with Gasteiger partial charge in [-0.1, -0.05) is 18.3 Å². The van der Waals surface area contributed by atoms with Gasteiger partial charge in [0.15, 0.2) is 0 Å². The molecule has 1 rings (SSSR count). The van der Waals surface area contributed by atoms with Crippen LogP contribution in [0.1, 0.15) is 19.0 Å². The van der Waals surface area contributed by atoms with Crippen LogP contribution in [0.25, 0.3) is 0 Å². The van der Waals surface area contributed by atoms with Crippen molar-refractivity contribution >= 4 is 17.3 Å². The Labute approximate surface area is 104 Å². The summed E-state index contributed by atoms with van der Waals surface area (Å²) in [5, 5.41) is 10.6. The number of aromatic nitrogens is 1. The van der Waals surface area contributed by atoms with Gasteiger partial charge in [-0.2, -0.15) is 0 Å². The molecule has 0 aliphatic rings. The number of rotatable bonds is 7. The standard InChI is InChI=1S/C11H18N2O3S/c1-3-4-12(7-10(14)15)5-6-13-9(2)8-17-11(13)16/h8H,3-7H2,1-2H3,(H,14,15). The third-order valence-electron chi connectivity index (χ3n) is 2.51. The minimum absolute atomic E-state index is 0.0225. The third-order valence-corrected chi connectivity index (χ3v) is 3.40. The van der Waals surface area contributed by atoms with Gasteiger partial charge in [0.05, 0.1) is 6.54 Å². The molecule has 0 radical (unpaired) electrons. The summed E-state index contributed by atoms with van der Waals surface area (Å²) in [7, 11) is 0. The number of carboxylic acids is 1. The molecule has 1 heterocycles. The van der Waals surface area contributed by atoms with Crippen molar-refractivity contribution in [3.8, 4) is 0 Å². The van der Waals surface area contributed by atoms with Crippen LogP contribution in [0.4, 0.5) is 0 Å². The Morgan fingerprint density at radius 1 is 1.53 bits per heavy atom. The van der Waals surface area contributed by atoms with E-state index < -0.39 is 5.97 Å². The predicted molar refractivity (Wildman–Crippen MR) is 67.7 cm³/mol. The lowest BCUT2D eigenvalue weighted by atomic mass is 10.4. The van der Waals surface area contributed by atoms with E-state index in [9.17, 15) is 9.59 Å². The number of thiazole rings is 1. The van der Waals surface area contributed by atoms with Gasteiger partial charge in [0.1, 0.15) is 0 Å². The molecule has 0 aliphatic heterocycles. The van der Waals surface area contributed by atoms with Gasteiger partial charge < -0.3 is 9.67 Å². The van der Waals surface area contributed by atoms with Gasteiger partial charge in [-0.25, -0.2) is 0 Å². The highest BCUT2D eigenvalue weighted by atomic mass is 32.1. The van der Waals surface area contributed by atoms with Gasteiger partial charge in [-0.15, -0.1) is 0 Å². The third kappa shape index (κ3) is 4.32. The molecule has 0 unspecified atom stereocenters.